The van der Waals surface area contributed by atoms with Crippen molar-refractivity contribution in [1.82, 2.24) is 4.90 Å². The molecule has 0 aromatic heterocycles. The molecule has 2 aliphatic rings. The van der Waals surface area contributed by atoms with E-state index in [0.717, 1.165) is 30.6 Å². The molecule has 0 aromatic carbocycles. The summed E-state index contributed by atoms with van der Waals surface area (Å²) in [4.78, 5) is 25.9. The quantitative estimate of drug-likeness (QED) is 0.684. The van der Waals surface area contributed by atoms with Gasteiger partial charge < -0.3 is 0 Å². The molecule has 5 heteroatoms. The highest BCUT2D eigenvalue weighted by molar-refractivity contribution is 6.03. The van der Waals surface area contributed by atoms with Crippen LogP contribution in [0.2, 0.25) is 0 Å². The Kier molecular flexibility index (Phi) is 4.09. The first-order chi connectivity index (χ1) is 9.62. The van der Waals surface area contributed by atoms with Gasteiger partial charge in [0.2, 0.25) is 11.8 Å². The highest BCUT2D eigenvalue weighted by Gasteiger charge is 2.58. The molecule has 1 heterocycles. The summed E-state index contributed by atoms with van der Waals surface area (Å²) < 4.78 is 0. The van der Waals surface area contributed by atoms with Crippen molar-refractivity contribution in [2.75, 3.05) is 6.54 Å². The van der Waals surface area contributed by atoms with Crippen LogP contribution in [-0.2, 0) is 9.59 Å². The lowest BCUT2D eigenvalue weighted by Gasteiger charge is -2.45. The van der Waals surface area contributed by atoms with Gasteiger partial charge in [0.15, 0.2) is 0 Å². The third-order valence-electron chi connectivity index (χ3n) is 4.78. The van der Waals surface area contributed by atoms with E-state index in [1.54, 1.807) is 6.92 Å². The summed E-state index contributed by atoms with van der Waals surface area (Å²) in [6, 6.07) is 4.19. The molecule has 0 bridgehead atoms. The Balaban J connectivity index is 2.51. The number of piperidine rings is 1. The second-order valence-electron chi connectivity index (χ2n) is 5.69. The molecule has 2 amide bonds. The third-order valence-corrected chi connectivity index (χ3v) is 4.78. The van der Waals surface area contributed by atoms with E-state index < -0.39 is 29.1 Å². The fraction of sp³-hybridized carbons (Fsp3) is 0.733. The topological polar surface area (TPSA) is 85.0 Å². The number of hydrogen-bond donors (Lipinski definition) is 0. The lowest BCUT2D eigenvalue weighted by Crippen LogP contribution is -2.59. The second kappa shape index (κ2) is 5.63. The molecule has 0 N–H and O–H groups in total. The highest BCUT2D eigenvalue weighted by atomic mass is 16.2. The number of nitriles is 2. The number of imide groups is 1. The Hall–Kier alpha value is -1.88. The van der Waals surface area contributed by atoms with E-state index in [1.807, 2.05) is 0 Å². The first-order valence-corrected chi connectivity index (χ1v) is 7.27. The van der Waals surface area contributed by atoms with Gasteiger partial charge in [-0.05, 0) is 19.8 Å². The Morgan fingerprint density at radius 1 is 1.05 bits per heavy atom. The minimum atomic E-state index is -0.858. The second-order valence-corrected chi connectivity index (χ2v) is 5.69. The molecule has 20 heavy (non-hydrogen) atoms. The number of likely N-dealkylation sites (tertiary alicyclic amines) is 1. The van der Waals surface area contributed by atoms with E-state index in [2.05, 4.69) is 12.1 Å². The largest absolute Gasteiger partial charge is 0.281 e. The summed E-state index contributed by atoms with van der Waals surface area (Å²) in [6.45, 7) is 1.92. The molecular weight excluding hydrogens is 254 g/mol. The van der Waals surface area contributed by atoms with Gasteiger partial charge in [0.25, 0.3) is 0 Å². The van der Waals surface area contributed by atoms with Crippen molar-refractivity contribution in [3.05, 3.63) is 0 Å². The molecule has 2 rings (SSSR count). The Morgan fingerprint density at radius 3 is 1.85 bits per heavy atom. The monoisotopic (exact) mass is 273 g/mol. The van der Waals surface area contributed by atoms with Gasteiger partial charge in [-0.2, -0.15) is 10.5 Å². The highest BCUT2D eigenvalue weighted by Crippen LogP contribution is 2.50. The lowest BCUT2D eigenvalue weighted by atomic mass is 9.60. The smallest absolute Gasteiger partial charge is 0.247 e. The first-order valence-electron chi connectivity index (χ1n) is 7.27. The van der Waals surface area contributed by atoms with E-state index in [4.69, 9.17) is 0 Å². The molecule has 2 atom stereocenters. The average molecular weight is 273 g/mol. The van der Waals surface area contributed by atoms with Crippen LogP contribution in [0.4, 0.5) is 0 Å². The Bertz CT molecular complexity index is 456. The van der Waals surface area contributed by atoms with Crippen molar-refractivity contribution in [3.8, 4) is 12.1 Å². The van der Waals surface area contributed by atoms with Gasteiger partial charge in [-0.1, -0.05) is 25.7 Å². The number of rotatable bonds is 1. The number of amides is 2. The van der Waals surface area contributed by atoms with Gasteiger partial charge in [0, 0.05) is 12.0 Å². The molecular formula is C15H19N3O2. The zero-order valence-electron chi connectivity index (χ0n) is 11.8. The molecule has 0 aromatic rings. The van der Waals surface area contributed by atoms with Gasteiger partial charge in [0.05, 0.1) is 12.1 Å². The van der Waals surface area contributed by atoms with Gasteiger partial charge in [-0.15, -0.1) is 0 Å². The summed E-state index contributed by atoms with van der Waals surface area (Å²) in [6.07, 6.45) is 5.08. The van der Waals surface area contributed by atoms with Crippen LogP contribution < -0.4 is 0 Å². The predicted octanol–water partition coefficient (Wildman–Crippen LogP) is 2.00. The van der Waals surface area contributed by atoms with Crippen LogP contribution >= 0.6 is 0 Å². The van der Waals surface area contributed by atoms with E-state index in [0.29, 0.717) is 12.8 Å². The summed E-state index contributed by atoms with van der Waals surface area (Å²) >= 11 is 0. The van der Waals surface area contributed by atoms with Crippen molar-refractivity contribution in [1.29, 1.82) is 10.5 Å². The van der Waals surface area contributed by atoms with Crippen LogP contribution in [0.3, 0.4) is 0 Å². The minimum Gasteiger partial charge on any atom is -0.281 e. The normalized spacial score (nSPS) is 29.6. The third kappa shape index (κ3) is 1.98. The molecule has 1 saturated heterocycles. The van der Waals surface area contributed by atoms with Crippen LogP contribution in [0, 0.1) is 39.9 Å². The van der Waals surface area contributed by atoms with Crippen LogP contribution in [0.15, 0.2) is 0 Å². The molecule has 1 aliphatic carbocycles. The van der Waals surface area contributed by atoms with Gasteiger partial charge >= 0.3 is 0 Å². The molecule has 5 nitrogen and oxygen atoms in total. The molecule has 1 aliphatic heterocycles. The zero-order chi connectivity index (χ0) is 14.8. The maximum atomic E-state index is 12.4. The van der Waals surface area contributed by atoms with E-state index in [-0.39, 0.29) is 6.54 Å². The van der Waals surface area contributed by atoms with Gasteiger partial charge in [-0.3, -0.25) is 14.5 Å². The van der Waals surface area contributed by atoms with Gasteiger partial charge in [-0.25, -0.2) is 0 Å². The van der Waals surface area contributed by atoms with E-state index in [1.165, 1.54) is 0 Å². The van der Waals surface area contributed by atoms with Crippen LogP contribution in [0.5, 0.6) is 0 Å². The van der Waals surface area contributed by atoms with Crippen molar-refractivity contribution < 1.29 is 9.59 Å². The SMILES string of the molecule is CCN1C(=O)[C@H](C#N)C2(CCCCCC2)[C@@H](C#N)C1=O. The lowest BCUT2D eigenvalue weighted by molar-refractivity contribution is -0.162. The maximum Gasteiger partial charge on any atom is 0.247 e. The Morgan fingerprint density at radius 2 is 1.50 bits per heavy atom. The standard InChI is InChI=1S/C15H19N3O2/c1-2-18-13(19)11(9-16)15(12(10-17)14(18)20)7-5-3-4-6-8-15/h11-12H,2-8H2,1H3/t11-,12-/m0/s1. The van der Waals surface area contributed by atoms with Crippen LogP contribution in [0.25, 0.3) is 0 Å². The first kappa shape index (κ1) is 14.5. The number of carbonyl (C=O) groups excluding carboxylic acids is 2. The molecule has 1 spiro atoms. The fourth-order valence-corrected chi connectivity index (χ4v) is 3.72. The summed E-state index contributed by atoms with van der Waals surface area (Å²) in [7, 11) is 0. The van der Waals surface area contributed by atoms with Crippen molar-refractivity contribution in [2.24, 2.45) is 17.3 Å². The molecule has 106 valence electrons. The predicted molar refractivity (Wildman–Crippen MR) is 70.7 cm³/mol. The van der Waals surface area contributed by atoms with E-state index in [9.17, 15) is 20.1 Å². The summed E-state index contributed by atoms with van der Waals surface area (Å²) in [5.41, 5.74) is -0.764. The van der Waals surface area contributed by atoms with Crippen molar-refractivity contribution in [2.45, 2.75) is 45.4 Å². The van der Waals surface area contributed by atoms with E-state index >= 15 is 0 Å². The van der Waals surface area contributed by atoms with Crippen LogP contribution in [0.1, 0.15) is 45.4 Å². The molecule has 2 fully saturated rings. The molecule has 0 radical (unpaired) electrons. The van der Waals surface area contributed by atoms with Crippen molar-refractivity contribution in [3.63, 3.8) is 0 Å². The summed E-state index contributed by atoms with van der Waals surface area (Å²) in [5.74, 6) is -2.53. The Labute approximate surface area is 119 Å². The van der Waals surface area contributed by atoms with Crippen LogP contribution in [-0.4, -0.2) is 23.3 Å². The fourth-order valence-electron chi connectivity index (χ4n) is 3.72. The minimum absolute atomic E-state index is 0.226. The number of carbonyl (C=O) groups is 2. The number of nitrogens with zero attached hydrogens (tertiary/aromatic N) is 3. The van der Waals surface area contributed by atoms with Crippen molar-refractivity contribution >= 4 is 11.8 Å². The maximum absolute atomic E-state index is 12.4. The molecule has 1 saturated carbocycles. The average Bonchev–Trinajstić information content (AvgIpc) is 2.67. The number of hydrogen-bond acceptors (Lipinski definition) is 4. The molecule has 0 unspecified atom stereocenters. The van der Waals surface area contributed by atoms with Gasteiger partial charge in [0.1, 0.15) is 11.8 Å². The summed E-state index contributed by atoms with van der Waals surface area (Å²) in [5, 5.41) is 18.9. The zero-order valence-corrected chi connectivity index (χ0v) is 11.8.